The Hall–Kier alpha value is -3.15. The molecule has 6 nitrogen and oxygen atoms in total. The SMILES string of the molecule is CC/C=C\C/C=C\C/C=C\C/C=C\C/C=C\CCCCCCCCCCCCCC(=O)OCC(COC(=O)CCCCCCCCCC)OC(=O)CCCCCCC/C=C\CCCCCCC. The van der Waals surface area contributed by atoms with Crippen molar-refractivity contribution in [1.29, 1.82) is 0 Å². The first-order valence-electron chi connectivity index (χ1n) is 28.4. The van der Waals surface area contributed by atoms with Crippen LogP contribution in [-0.4, -0.2) is 37.2 Å². The van der Waals surface area contributed by atoms with Gasteiger partial charge in [-0.05, 0) is 89.9 Å². The second kappa shape index (κ2) is 55.4. The molecule has 0 heterocycles. The fourth-order valence-electron chi connectivity index (χ4n) is 7.93. The van der Waals surface area contributed by atoms with Crippen LogP contribution in [0.2, 0.25) is 0 Å². The Morgan fingerprint density at radius 2 is 0.582 bits per heavy atom. The number of ether oxygens (including phenoxy) is 3. The molecule has 0 aliphatic rings. The van der Waals surface area contributed by atoms with Gasteiger partial charge >= 0.3 is 17.9 Å². The normalized spacial score (nSPS) is 12.6. The van der Waals surface area contributed by atoms with Crippen molar-refractivity contribution >= 4 is 17.9 Å². The third-order valence-corrected chi connectivity index (χ3v) is 12.2. The molecule has 0 aromatic rings. The molecule has 0 amide bonds. The van der Waals surface area contributed by atoms with Gasteiger partial charge in [0.05, 0.1) is 0 Å². The quantitative estimate of drug-likeness (QED) is 0.0262. The molecule has 6 heteroatoms. The van der Waals surface area contributed by atoms with E-state index < -0.39 is 6.10 Å². The average molecular weight is 936 g/mol. The molecule has 0 radical (unpaired) electrons. The van der Waals surface area contributed by atoms with E-state index in [1.165, 1.54) is 135 Å². The minimum Gasteiger partial charge on any atom is -0.462 e. The monoisotopic (exact) mass is 935 g/mol. The molecule has 0 saturated carbocycles. The lowest BCUT2D eigenvalue weighted by Crippen LogP contribution is -2.30. The predicted octanol–water partition coefficient (Wildman–Crippen LogP) is 19.0. The van der Waals surface area contributed by atoms with Crippen LogP contribution in [0.15, 0.2) is 72.9 Å². The first-order chi connectivity index (χ1) is 33.0. The van der Waals surface area contributed by atoms with Gasteiger partial charge in [-0.1, -0.05) is 241 Å². The third-order valence-electron chi connectivity index (χ3n) is 12.2. The Labute approximate surface area is 414 Å². The van der Waals surface area contributed by atoms with Gasteiger partial charge in [-0.2, -0.15) is 0 Å². The first-order valence-corrected chi connectivity index (χ1v) is 28.4. The number of rotatable bonds is 51. The molecule has 0 fully saturated rings. The van der Waals surface area contributed by atoms with Crippen LogP contribution >= 0.6 is 0 Å². The highest BCUT2D eigenvalue weighted by Gasteiger charge is 2.19. The summed E-state index contributed by atoms with van der Waals surface area (Å²) in [5, 5.41) is 0. The summed E-state index contributed by atoms with van der Waals surface area (Å²) < 4.78 is 16.8. The zero-order chi connectivity index (χ0) is 48.6. The molecule has 0 saturated heterocycles. The number of hydrogen-bond donors (Lipinski definition) is 0. The summed E-state index contributed by atoms with van der Waals surface area (Å²) in [6.07, 6.45) is 70.5. The maximum atomic E-state index is 12.8. The Kier molecular flexibility index (Phi) is 52.8. The average Bonchev–Trinajstić information content (AvgIpc) is 3.33. The minimum absolute atomic E-state index is 0.0772. The van der Waals surface area contributed by atoms with Crippen molar-refractivity contribution in [2.24, 2.45) is 0 Å². The second-order valence-electron chi connectivity index (χ2n) is 18.8. The Balaban J connectivity index is 4.17. The van der Waals surface area contributed by atoms with Crippen LogP contribution in [0.1, 0.15) is 278 Å². The molecule has 386 valence electrons. The lowest BCUT2D eigenvalue weighted by atomic mass is 10.0. The number of unbranched alkanes of at least 4 members (excludes halogenated alkanes) is 28. The van der Waals surface area contributed by atoms with Crippen LogP contribution in [-0.2, 0) is 28.6 Å². The van der Waals surface area contributed by atoms with E-state index in [0.717, 1.165) is 103 Å². The molecule has 67 heavy (non-hydrogen) atoms. The van der Waals surface area contributed by atoms with Crippen molar-refractivity contribution in [1.82, 2.24) is 0 Å². The number of hydrogen-bond acceptors (Lipinski definition) is 6. The zero-order valence-corrected chi connectivity index (χ0v) is 44.2. The fourth-order valence-corrected chi connectivity index (χ4v) is 7.93. The van der Waals surface area contributed by atoms with Gasteiger partial charge in [-0.25, -0.2) is 0 Å². The Morgan fingerprint density at radius 3 is 0.925 bits per heavy atom. The van der Waals surface area contributed by atoms with Gasteiger partial charge in [0, 0.05) is 19.3 Å². The summed E-state index contributed by atoms with van der Waals surface area (Å²) in [4.78, 5) is 37.9. The summed E-state index contributed by atoms with van der Waals surface area (Å²) >= 11 is 0. The molecule has 0 N–H and O–H groups in total. The molecule has 0 rings (SSSR count). The number of allylic oxidation sites excluding steroid dienone is 12. The van der Waals surface area contributed by atoms with E-state index >= 15 is 0 Å². The van der Waals surface area contributed by atoms with Crippen LogP contribution in [0.5, 0.6) is 0 Å². The van der Waals surface area contributed by atoms with Crippen LogP contribution in [0.25, 0.3) is 0 Å². The van der Waals surface area contributed by atoms with E-state index in [1.54, 1.807) is 0 Å². The summed E-state index contributed by atoms with van der Waals surface area (Å²) in [6, 6.07) is 0. The van der Waals surface area contributed by atoms with Crippen molar-refractivity contribution in [3.8, 4) is 0 Å². The first kappa shape index (κ1) is 63.8. The van der Waals surface area contributed by atoms with E-state index in [0.29, 0.717) is 19.3 Å². The lowest BCUT2D eigenvalue weighted by molar-refractivity contribution is -0.167. The van der Waals surface area contributed by atoms with Crippen LogP contribution in [0.3, 0.4) is 0 Å². The Morgan fingerprint density at radius 1 is 0.313 bits per heavy atom. The largest absolute Gasteiger partial charge is 0.462 e. The molecule has 0 aliphatic heterocycles. The zero-order valence-electron chi connectivity index (χ0n) is 44.2. The molecule has 0 spiro atoms. The van der Waals surface area contributed by atoms with Crippen molar-refractivity contribution in [2.45, 2.75) is 284 Å². The van der Waals surface area contributed by atoms with Crippen molar-refractivity contribution in [3.05, 3.63) is 72.9 Å². The van der Waals surface area contributed by atoms with E-state index in [2.05, 4.69) is 93.7 Å². The number of carbonyl (C=O) groups excluding carboxylic acids is 3. The maximum Gasteiger partial charge on any atom is 0.306 e. The van der Waals surface area contributed by atoms with Gasteiger partial charge in [0.25, 0.3) is 0 Å². The van der Waals surface area contributed by atoms with Gasteiger partial charge in [0.2, 0.25) is 0 Å². The molecule has 0 aromatic carbocycles. The minimum atomic E-state index is -0.777. The topological polar surface area (TPSA) is 78.9 Å². The van der Waals surface area contributed by atoms with Crippen LogP contribution < -0.4 is 0 Å². The second-order valence-corrected chi connectivity index (χ2v) is 18.8. The number of esters is 3. The van der Waals surface area contributed by atoms with E-state index in [4.69, 9.17) is 14.2 Å². The Bertz CT molecular complexity index is 1260. The summed E-state index contributed by atoms with van der Waals surface area (Å²) in [6.45, 7) is 6.49. The van der Waals surface area contributed by atoms with Crippen molar-refractivity contribution in [3.63, 3.8) is 0 Å². The van der Waals surface area contributed by atoms with Gasteiger partial charge in [-0.15, -0.1) is 0 Å². The van der Waals surface area contributed by atoms with Gasteiger partial charge in [-0.3, -0.25) is 14.4 Å². The summed E-state index contributed by atoms with van der Waals surface area (Å²) in [7, 11) is 0. The van der Waals surface area contributed by atoms with Gasteiger partial charge in [0.15, 0.2) is 6.10 Å². The maximum absolute atomic E-state index is 12.8. The van der Waals surface area contributed by atoms with E-state index in [1.807, 2.05) is 0 Å². The van der Waals surface area contributed by atoms with Gasteiger partial charge in [0.1, 0.15) is 13.2 Å². The molecule has 0 bridgehead atoms. The molecular weight excluding hydrogens is 829 g/mol. The van der Waals surface area contributed by atoms with E-state index in [9.17, 15) is 14.4 Å². The number of carbonyl (C=O) groups is 3. The van der Waals surface area contributed by atoms with E-state index in [-0.39, 0.29) is 31.1 Å². The highest BCUT2D eigenvalue weighted by Crippen LogP contribution is 2.15. The summed E-state index contributed by atoms with van der Waals surface area (Å²) in [5.74, 6) is -0.887. The molecule has 1 atom stereocenters. The standard InChI is InChI=1S/C61H106O6/c1-4-7-10-13-16-19-21-23-25-26-27-28-29-30-31-32-33-34-35-36-37-39-40-42-45-48-51-54-60(63)66-57-58(56-65-59(62)53-50-47-44-18-15-12-9-6-3)67-61(64)55-52-49-46-43-41-38-24-22-20-17-14-11-8-5-2/h7,10,16,19,22-25,27-28,30-31,58H,4-6,8-9,11-15,17-18,20-21,26,29,32-57H2,1-3H3/b10-7-,19-16-,24-22-,25-23-,28-27-,31-30-. The molecular formula is C61H106O6. The summed E-state index contributed by atoms with van der Waals surface area (Å²) in [5.41, 5.74) is 0. The van der Waals surface area contributed by atoms with Gasteiger partial charge < -0.3 is 14.2 Å². The smallest absolute Gasteiger partial charge is 0.306 e. The highest BCUT2D eigenvalue weighted by atomic mass is 16.6. The van der Waals surface area contributed by atoms with Crippen molar-refractivity contribution < 1.29 is 28.6 Å². The predicted molar refractivity (Wildman–Crippen MR) is 288 cm³/mol. The molecule has 0 aromatic heterocycles. The van der Waals surface area contributed by atoms with Crippen molar-refractivity contribution in [2.75, 3.05) is 13.2 Å². The molecule has 1 unspecified atom stereocenters. The molecule has 0 aliphatic carbocycles. The van der Waals surface area contributed by atoms with Crippen LogP contribution in [0.4, 0.5) is 0 Å². The highest BCUT2D eigenvalue weighted by molar-refractivity contribution is 5.71. The third kappa shape index (κ3) is 53.7. The van der Waals surface area contributed by atoms with Crippen LogP contribution in [0, 0.1) is 0 Å². The fraction of sp³-hybridized carbons (Fsp3) is 0.754. The lowest BCUT2D eigenvalue weighted by Gasteiger charge is -2.18.